The Morgan fingerprint density at radius 2 is 1.39 bits per heavy atom. The fourth-order valence-corrected chi connectivity index (χ4v) is 4.87. The van der Waals surface area contributed by atoms with Gasteiger partial charge in [0.2, 0.25) is 0 Å². The van der Waals surface area contributed by atoms with Gasteiger partial charge in [-0.25, -0.2) is 0 Å². The van der Waals surface area contributed by atoms with Crippen molar-refractivity contribution in [2.45, 2.75) is 112 Å². The van der Waals surface area contributed by atoms with Gasteiger partial charge >= 0.3 is 0 Å². The van der Waals surface area contributed by atoms with E-state index in [0.29, 0.717) is 6.04 Å². The third-order valence-electron chi connectivity index (χ3n) is 6.87. The quantitative estimate of drug-likeness (QED) is 0.112. The maximum atomic E-state index is 6.70. The smallest absolute Gasteiger partial charge is 0.0240 e. The van der Waals surface area contributed by atoms with Gasteiger partial charge in [-0.15, -0.1) is 6.58 Å². The number of benzene rings is 2. The first-order valence-electron chi connectivity index (χ1n) is 15.9. The summed E-state index contributed by atoms with van der Waals surface area (Å²) in [6.45, 7) is 21.9. The predicted molar refractivity (Wildman–Crippen MR) is 186 cm³/mol. The molecule has 0 radical (unpaired) electrons. The van der Waals surface area contributed by atoms with Crippen molar-refractivity contribution in [2.75, 3.05) is 0 Å². The minimum atomic E-state index is 0.120. The van der Waals surface area contributed by atoms with Gasteiger partial charge in [-0.2, -0.15) is 0 Å². The number of unbranched alkanes of at least 4 members (excludes halogenated alkanes) is 1. The number of nitrogens with zero attached hydrogens (tertiary/aromatic N) is 1. The van der Waals surface area contributed by atoms with Crippen molar-refractivity contribution in [1.29, 1.82) is 0 Å². The van der Waals surface area contributed by atoms with Crippen molar-refractivity contribution < 1.29 is 0 Å². The molecular weight excluding hydrogens is 496 g/mol. The molecule has 0 saturated heterocycles. The highest BCUT2D eigenvalue weighted by molar-refractivity contribution is 5.23. The molecular formula is C39H60N2. The third kappa shape index (κ3) is 17.5. The van der Waals surface area contributed by atoms with Crippen LogP contribution in [0.5, 0.6) is 0 Å². The molecule has 0 amide bonds. The van der Waals surface area contributed by atoms with E-state index in [9.17, 15) is 0 Å². The predicted octanol–water partition coefficient (Wildman–Crippen LogP) is 11.0. The Labute approximate surface area is 254 Å². The zero-order valence-electron chi connectivity index (χ0n) is 27.2. The van der Waals surface area contributed by atoms with E-state index in [1.165, 1.54) is 22.3 Å². The van der Waals surface area contributed by atoms with Crippen LogP contribution < -0.4 is 5.73 Å². The number of nitrogens with two attached hydrogens (primary N) is 1. The van der Waals surface area contributed by atoms with Gasteiger partial charge in [0.05, 0.1) is 0 Å². The van der Waals surface area contributed by atoms with Crippen LogP contribution in [0.2, 0.25) is 0 Å². The minimum Gasteiger partial charge on any atom is -0.327 e. The molecule has 0 heterocycles. The second kappa shape index (κ2) is 26.0. The van der Waals surface area contributed by atoms with Crippen molar-refractivity contribution in [3.05, 3.63) is 133 Å². The van der Waals surface area contributed by atoms with Crippen LogP contribution in [-0.2, 0) is 13.1 Å². The van der Waals surface area contributed by atoms with Crippen molar-refractivity contribution in [3.8, 4) is 0 Å². The first-order chi connectivity index (χ1) is 20.1. The molecule has 0 bridgehead atoms. The monoisotopic (exact) mass is 556 g/mol. The van der Waals surface area contributed by atoms with Gasteiger partial charge in [0.1, 0.15) is 0 Å². The molecule has 2 nitrogen and oxygen atoms in total. The van der Waals surface area contributed by atoms with Crippen LogP contribution in [-0.4, -0.2) is 17.0 Å². The summed E-state index contributed by atoms with van der Waals surface area (Å²) < 4.78 is 0. The van der Waals surface area contributed by atoms with Gasteiger partial charge < -0.3 is 5.73 Å². The van der Waals surface area contributed by atoms with Crippen molar-refractivity contribution in [2.24, 2.45) is 5.73 Å². The van der Waals surface area contributed by atoms with Crippen LogP contribution in [0.4, 0.5) is 0 Å². The molecule has 2 aromatic rings. The zero-order chi connectivity index (χ0) is 30.7. The van der Waals surface area contributed by atoms with Crippen LogP contribution in [0.1, 0.15) is 97.6 Å². The zero-order valence-corrected chi connectivity index (χ0v) is 27.2. The van der Waals surface area contributed by atoms with Crippen molar-refractivity contribution in [1.82, 2.24) is 4.90 Å². The summed E-state index contributed by atoms with van der Waals surface area (Å²) in [5, 5.41) is 0. The molecule has 226 valence electrons. The van der Waals surface area contributed by atoms with E-state index in [4.69, 9.17) is 5.73 Å². The maximum Gasteiger partial charge on any atom is 0.0240 e. The highest BCUT2D eigenvalue weighted by Crippen LogP contribution is 2.25. The van der Waals surface area contributed by atoms with E-state index >= 15 is 0 Å². The van der Waals surface area contributed by atoms with E-state index in [-0.39, 0.29) is 6.04 Å². The molecule has 0 aromatic heterocycles. The lowest BCUT2D eigenvalue weighted by molar-refractivity contribution is 0.161. The fourth-order valence-electron chi connectivity index (χ4n) is 4.87. The Morgan fingerprint density at radius 1 is 0.829 bits per heavy atom. The van der Waals surface area contributed by atoms with Crippen LogP contribution in [0.15, 0.2) is 121 Å². The SMILES string of the molecule is C=C/C=C(\C=C/C)CC(N)CCC(C/C(=C/C)CCCC=C)N(Cc1ccccc1)Cc1ccccc1.CC.CC. The summed E-state index contributed by atoms with van der Waals surface area (Å²) in [6.07, 6.45) is 19.9. The lowest BCUT2D eigenvalue weighted by Crippen LogP contribution is -2.36. The fraction of sp³-hybridized carbons (Fsp3) is 0.436. The van der Waals surface area contributed by atoms with E-state index in [2.05, 4.69) is 117 Å². The molecule has 2 atom stereocenters. The highest BCUT2D eigenvalue weighted by Gasteiger charge is 2.22. The molecule has 2 unspecified atom stereocenters. The molecule has 0 fully saturated rings. The standard InChI is InChI=1S/C35H48N2.2C2H6/c1-5-9-12-19-30(8-4)27-35(25-24-34(36)26-31(17-6-2)18-7-3)37(28-32-20-13-10-14-21-32)29-33-22-15-11-16-23-33;2*1-2/h5-8,10-11,13-18,20-23,34-35H,1-2,9,12,19,24-29,36H2,3-4H3;2*1-2H3/b18-7-,30-8+,31-17+;;. The summed E-state index contributed by atoms with van der Waals surface area (Å²) in [4.78, 5) is 2.67. The molecule has 0 spiro atoms. The first kappa shape index (κ1) is 38.1. The van der Waals surface area contributed by atoms with E-state index in [0.717, 1.165) is 58.0 Å². The number of hydrogen-bond donors (Lipinski definition) is 1. The maximum absolute atomic E-state index is 6.70. The molecule has 0 saturated carbocycles. The van der Waals surface area contributed by atoms with Gasteiger partial charge in [-0.3, -0.25) is 4.90 Å². The average Bonchev–Trinajstić information content (AvgIpc) is 3.01. The largest absolute Gasteiger partial charge is 0.327 e. The second-order valence-electron chi connectivity index (χ2n) is 9.88. The molecule has 0 aliphatic carbocycles. The summed E-state index contributed by atoms with van der Waals surface area (Å²) in [5.74, 6) is 0. The molecule has 2 heteroatoms. The van der Waals surface area contributed by atoms with Crippen molar-refractivity contribution >= 4 is 0 Å². The van der Waals surface area contributed by atoms with Crippen LogP contribution >= 0.6 is 0 Å². The molecule has 2 aromatic carbocycles. The lowest BCUT2D eigenvalue weighted by Gasteiger charge is -2.34. The van der Waals surface area contributed by atoms with Gasteiger partial charge in [0.25, 0.3) is 0 Å². The number of hydrogen-bond acceptors (Lipinski definition) is 2. The summed E-state index contributed by atoms with van der Waals surface area (Å²) in [7, 11) is 0. The normalized spacial score (nSPS) is 13.1. The van der Waals surface area contributed by atoms with E-state index in [1.54, 1.807) is 0 Å². The Kier molecular flexibility index (Phi) is 24.1. The molecule has 2 N–H and O–H groups in total. The Morgan fingerprint density at radius 3 is 1.85 bits per heavy atom. The Balaban J connectivity index is 0.00000382. The second-order valence-corrected chi connectivity index (χ2v) is 9.88. The van der Waals surface area contributed by atoms with Crippen LogP contribution in [0.3, 0.4) is 0 Å². The van der Waals surface area contributed by atoms with Gasteiger partial charge in [0.15, 0.2) is 0 Å². The molecule has 2 rings (SSSR count). The minimum absolute atomic E-state index is 0.120. The topological polar surface area (TPSA) is 29.3 Å². The highest BCUT2D eigenvalue weighted by atomic mass is 15.2. The third-order valence-corrected chi connectivity index (χ3v) is 6.87. The summed E-state index contributed by atoms with van der Waals surface area (Å²) in [5.41, 5.74) is 12.2. The van der Waals surface area contributed by atoms with Gasteiger partial charge in [0, 0.05) is 25.2 Å². The van der Waals surface area contributed by atoms with Crippen molar-refractivity contribution in [3.63, 3.8) is 0 Å². The van der Waals surface area contributed by atoms with Crippen LogP contribution in [0, 0.1) is 0 Å². The number of allylic oxidation sites excluding steroid dienone is 6. The number of rotatable bonds is 18. The van der Waals surface area contributed by atoms with Crippen LogP contribution in [0.25, 0.3) is 0 Å². The van der Waals surface area contributed by atoms with E-state index < -0.39 is 0 Å². The molecule has 0 aliphatic heterocycles. The molecule has 0 aliphatic rings. The summed E-state index contributed by atoms with van der Waals surface area (Å²) >= 11 is 0. The Bertz CT molecular complexity index is 943. The first-order valence-corrected chi connectivity index (χ1v) is 15.9. The Hall–Kier alpha value is -2.94. The van der Waals surface area contributed by atoms with Gasteiger partial charge in [-0.1, -0.05) is 137 Å². The summed E-state index contributed by atoms with van der Waals surface area (Å²) in [6, 6.07) is 22.3. The van der Waals surface area contributed by atoms with Gasteiger partial charge in [-0.05, 0) is 75.5 Å². The average molecular weight is 557 g/mol. The molecule has 41 heavy (non-hydrogen) atoms. The lowest BCUT2D eigenvalue weighted by atomic mass is 9.92. The van der Waals surface area contributed by atoms with E-state index in [1.807, 2.05) is 39.8 Å².